The van der Waals surface area contributed by atoms with Crippen LogP contribution in [0.3, 0.4) is 0 Å². The third kappa shape index (κ3) is 2.85. The molecule has 0 aliphatic carbocycles. The van der Waals surface area contributed by atoms with Gasteiger partial charge < -0.3 is 24.6 Å². The Morgan fingerprint density at radius 1 is 1.17 bits per heavy atom. The van der Waals surface area contributed by atoms with Gasteiger partial charge in [-0.1, -0.05) is 17.3 Å². The number of pyridine rings is 1. The Hall–Kier alpha value is -2.96. The van der Waals surface area contributed by atoms with E-state index in [1.807, 2.05) is 42.3 Å². The first-order valence-electron chi connectivity index (χ1n) is 7.06. The third-order valence-corrected chi connectivity index (χ3v) is 3.61. The largest absolute Gasteiger partial charge is 0.497 e. The molecule has 23 heavy (non-hydrogen) atoms. The SMILES string of the molecule is COc1ccc(CN(C)c2cc(OC)c3c(N)noc3n2)cc1. The molecular formula is C16H18N4O3. The third-order valence-electron chi connectivity index (χ3n) is 3.61. The lowest BCUT2D eigenvalue weighted by atomic mass is 10.2. The number of hydrogen-bond acceptors (Lipinski definition) is 7. The molecule has 3 rings (SSSR count). The maximum Gasteiger partial charge on any atom is 0.265 e. The van der Waals surface area contributed by atoms with Crippen LogP contribution in [0.4, 0.5) is 11.6 Å². The highest BCUT2D eigenvalue weighted by atomic mass is 16.5. The maximum absolute atomic E-state index is 5.78. The molecule has 7 nitrogen and oxygen atoms in total. The molecule has 0 atom stereocenters. The molecule has 2 aromatic heterocycles. The van der Waals surface area contributed by atoms with Crippen LogP contribution in [0.2, 0.25) is 0 Å². The van der Waals surface area contributed by atoms with E-state index in [9.17, 15) is 0 Å². The number of nitrogens with zero attached hydrogens (tertiary/aromatic N) is 3. The van der Waals surface area contributed by atoms with Crippen LogP contribution in [-0.2, 0) is 6.54 Å². The van der Waals surface area contributed by atoms with Gasteiger partial charge in [-0.2, -0.15) is 4.98 Å². The highest BCUT2D eigenvalue weighted by Gasteiger charge is 2.16. The fourth-order valence-electron chi connectivity index (χ4n) is 2.37. The molecule has 0 saturated heterocycles. The molecule has 7 heteroatoms. The monoisotopic (exact) mass is 314 g/mol. The van der Waals surface area contributed by atoms with Crippen molar-refractivity contribution in [2.24, 2.45) is 0 Å². The van der Waals surface area contributed by atoms with Crippen LogP contribution >= 0.6 is 0 Å². The number of nitrogens with two attached hydrogens (primary N) is 1. The summed E-state index contributed by atoms with van der Waals surface area (Å²) < 4.78 is 15.7. The number of fused-ring (bicyclic) bond motifs is 1. The van der Waals surface area contributed by atoms with Crippen molar-refractivity contribution in [2.75, 3.05) is 31.9 Å². The molecule has 120 valence electrons. The topological polar surface area (TPSA) is 86.6 Å². The van der Waals surface area contributed by atoms with Gasteiger partial charge in [0.25, 0.3) is 5.71 Å². The van der Waals surface area contributed by atoms with E-state index in [0.29, 0.717) is 29.2 Å². The lowest BCUT2D eigenvalue weighted by Crippen LogP contribution is -2.17. The number of ether oxygens (including phenoxy) is 2. The van der Waals surface area contributed by atoms with E-state index in [-0.39, 0.29) is 5.82 Å². The highest BCUT2D eigenvalue weighted by molar-refractivity contribution is 5.91. The number of hydrogen-bond donors (Lipinski definition) is 1. The summed E-state index contributed by atoms with van der Waals surface area (Å²) in [5, 5.41) is 4.33. The van der Waals surface area contributed by atoms with Crippen LogP contribution in [-0.4, -0.2) is 31.4 Å². The van der Waals surface area contributed by atoms with E-state index in [1.165, 1.54) is 0 Å². The summed E-state index contributed by atoms with van der Waals surface area (Å²) in [6, 6.07) is 9.70. The summed E-state index contributed by atoms with van der Waals surface area (Å²) in [5.41, 5.74) is 7.27. The van der Waals surface area contributed by atoms with Gasteiger partial charge in [0.2, 0.25) is 0 Å². The van der Waals surface area contributed by atoms with E-state index in [2.05, 4.69) is 10.1 Å². The molecule has 3 aromatic rings. The van der Waals surface area contributed by atoms with Gasteiger partial charge in [-0.05, 0) is 17.7 Å². The first kappa shape index (κ1) is 15.0. The lowest BCUT2D eigenvalue weighted by molar-refractivity contribution is 0.414. The van der Waals surface area contributed by atoms with Crippen LogP contribution < -0.4 is 20.1 Å². The van der Waals surface area contributed by atoms with Crippen molar-refractivity contribution in [1.29, 1.82) is 0 Å². The van der Waals surface area contributed by atoms with E-state index in [0.717, 1.165) is 11.3 Å². The van der Waals surface area contributed by atoms with Crippen molar-refractivity contribution in [3.05, 3.63) is 35.9 Å². The van der Waals surface area contributed by atoms with Crippen molar-refractivity contribution >= 4 is 22.7 Å². The van der Waals surface area contributed by atoms with E-state index in [4.69, 9.17) is 19.7 Å². The Morgan fingerprint density at radius 2 is 1.91 bits per heavy atom. The summed E-state index contributed by atoms with van der Waals surface area (Å²) >= 11 is 0. The molecule has 1 aromatic carbocycles. The molecule has 0 amide bonds. The second-order valence-corrected chi connectivity index (χ2v) is 5.13. The van der Waals surface area contributed by atoms with Gasteiger partial charge in [-0.3, -0.25) is 0 Å². The summed E-state index contributed by atoms with van der Waals surface area (Å²) in [7, 11) is 5.17. The van der Waals surface area contributed by atoms with Gasteiger partial charge in [-0.25, -0.2) is 0 Å². The van der Waals surface area contributed by atoms with Crippen LogP contribution in [0, 0.1) is 0 Å². The van der Waals surface area contributed by atoms with Gasteiger partial charge in [0.05, 0.1) is 14.2 Å². The molecular weight excluding hydrogens is 296 g/mol. The molecule has 0 saturated carbocycles. The van der Waals surface area contributed by atoms with Gasteiger partial charge >= 0.3 is 0 Å². The predicted molar refractivity (Wildman–Crippen MR) is 87.9 cm³/mol. The van der Waals surface area contributed by atoms with Crippen LogP contribution in [0.15, 0.2) is 34.9 Å². The second kappa shape index (κ2) is 6.04. The standard InChI is InChI=1S/C16H18N4O3/c1-20(9-10-4-6-11(21-2)7-5-10)13-8-12(22-3)14-15(17)19-23-16(14)18-13/h4-8H,9H2,1-3H3,(H2,17,19). The van der Waals surface area contributed by atoms with Crippen LogP contribution in [0.5, 0.6) is 11.5 Å². The van der Waals surface area contributed by atoms with Gasteiger partial charge in [-0.15, -0.1) is 0 Å². The predicted octanol–water partition coefficient (Wildman–Crippen LogP) is 2.46. The average Bonchev–Trinajstić information content (AvgIpc) is 2.96. The van der Waals surface area contributed by atoms with Crippen molar-refractivity contribution in [3.8, 4) is 11.5 Å². The van der Waals surface area contributed by atoms with E-state index in [1.54, 1.807) is 14.2 Å². The Bertz CT molecular complexity index is 814. The average molecular weight is 314 g/mol. The number of rotatable bonds is 5. The van der Waals surface area contributed by atoms with Gasteiger partial charge in [0, 0.05) is 19.7 Å². The molecule has 2 heterocycles. The fraction of sp³-hybridized carbons (Fsp3) is 0.250. The molecule has 0 fully saturated rings. The number of anilines is 2. The Balaban J connectivity index is 1.89. The normalized spacial score (nSPS) is 10.7. The minimum Gasteiger partial charge on any atom is -0.497 e. The lowest BCUT2D eigenvalue weighted by Gasteiger charge is -2.19. The molecule has 2 N–H and O–H groups in total. The smallest absolute Gasteiger partial charge is 0.265 e. The maximum atomic E-state index is 5.78. The zero-order valence-electron chi connectivity index (χ0n) is 13.2. The first-order valence-corrected chi connectivity index (χ1v) is 7.06. The summed E-state index contributed by atoms with van der Waals surface area (Å²) in [4.78, 5) is 6.44. The number of benzene rings is 1. The van der Waals surface area contributed by atoms with Crippen LogP contribution in [0.25, 0.3) is 11.1 Å². The Labute approximate surface area is 133 Å². The summed E-state index contributed by atoms with van der Waals surface area (Å²) in [5.74, 6) is 2.40. The van der Waals surface area contributed by atoms with Crippen molar-refractivity contribution < 1.29 is 14.0 Å². The van der Waals surface area contributed by atoms with Gasteiger partial charge in [0.1, 0.15) is 22.7 Å². The zero-order valence-corrected chi connectivity index (χ0v) is 13.2. The van der Waals surface area contributed by atoms with Gasteiger partial charge in [0.15, 0.2) is 5.82 Å². The molecule has 0 unspecified atom stereocenters. The molecule has 0 radical (unpaired) electrons. The van der Waals surface area contributed by atoms with E-state index < -0.39 is 0 Å². The minimum atomic E-state index is 0.272. The first-order chi connectivity index (χ1) is 11.1. The number of nitrogen functional groups attached to an aromatic ring is 1. The zero-order chi connectivity index (χ0) is 16.4. The quantitative estimate of drug-likeness (QED) is 0.774. The Kier molecular flexibility index (Phi) is 3.92. The van der Waals surface area contributed by atoms with Crippen LogP contribution in [0.1, 0.15) is 5.56 Å². The number of aromatic nitrogens is 2. The van der Waals surface area contributed by atoms with Crippen molar-refractivity contribution in [3.63, 3.8) is 0 Å². The highest BCUT2D eigenvalue weighted by Crippen LogP contribution is 2.32. The summed E-state index contributed by atoms with van der Waals surface area (Å²) in [6.07, 6.45) is 0. The molecule has 0 spiro atoms. The molecule has 0 aliphatic rings. The van der Waals surface area contributed by atoms with Crippen molar-refractivity contribution in [2.45, 2.75) is 6.54 Å². The van der Waals surface area contributed by atoms with E-state index >= 15 is 0 Å². The summed E-state index contributed by atoms with van der Waals surface area (Å²) in [6.45, 7) is 0.676. The van der Waals surface area contributed by atoms with Crippen molar-refractivity contribution in [1.82, 2.24) is 10.1 Å². The molecule has 0 bridgehead atoms. The minimum absolute atomic E-state index is 0.272. The second-order valence-electron chi connectivity index (χ2n) is 5.13. The fourth-order valence-corrected chi connectivity index (χ4v) is 2.37. The molecule has 0 aliphatic heterocycles. The Morgan fingerprint density at radius 3 is 2.57 bits per heavy atom. The number of methoxy groups -OCH3 is 2.